The van der Waals surface area contributed by atoms with E-state index in [1.807, 2.05) is 42.5 Å². The molecule has 2 aliphatic rings. The first-order chi connectivity index (χ1) is 12.7. The van der Waals surface area contributed by atoms with Crippen molar-refractivity contribution < 1.29 is 14.3 Å². The normalized spacial score (nSPS) is 20.3. The van der Waals surface area contributed by atoms with E-state index in [9.17, 15) is 4.79 Å². The van der Waals surface area contributed by atoms with Gasteiger partial charge in [-0.2, -0.15) is 0 Å². The van der Waals surface area contributed by atoms with Gasteiger partial charge in [0, 0.05) is 16.8 Å². The summed E-state index contributed by atoms with van der Waals surface area (Å²) in [6.07, 6.45) is 0.698. The molecule has 128 valence electrons. The maximum Gasteiger partial charge on any atom is 0.415 e. The van der Waals surface area contributed by atoms with E-state index in [1.54, 1.807) is 29.3 Å². The minimum absolute atomic E-state index is 0.395. The van der Waals surface area contributed by atoms with Crippen LogP contribution >= 0.6 is 11.6 Å². The quantitative estimate of drug-likeness (QED) is 0.589. The molecular weight excluding hydrogens is 352 g/mol. The van der Waals surface area contributed by atoms with Gasteiger partial charge in [-0.1, -0.05) is 35.9 Å². The van der Waals surface area contributed by atoms with Gasteiger partial charge in [-0.05, 0) is 36.4 Å². The zero-order valence-corrected chi connectivity index (χ0v) is 14.3. The summed E-state index contributed by atoms with van der Waals surface area (Å²) >= 11 is 6.19. The zero-order chi connectivity index (χ0) is 17.7. The number of aromatic nitrogens is 1. The number of para-hydroxylation sites is 1. The van der Waals surface area contributed by atoms with E-state index in [1.165, 1.54) is 0 Å². The van der Waals surface area contributed by atoms with Gasteiger partial charge in [0.1, 0.15) is 11.8 Å². The van der Waals surface area contributed by atoms with Crippen molar-refractivity contribution in [2.24, 2.45) is 0 Å². The minimum atomic E-state index is -0.543. The van der Waals surface area contributed by atoms with Crippen molar-refractivity contribution in [3.05, 3.63) is 83.1 Å². The summed E-state index contributed by atoms with van der Waals surface area (Å²) in [7, 11) is 0. The van der Waals surface area contributed by atoms with Crippen LogP contribution in [-0.2, 0) is 4.74 Å². The molecule has 3 aromatic rings. The standard InChI is InChI=1S/C20H13ClN2O3/c21-12-8-9-17-15(11-12)23-18(13-5-1-2-7-16(13)25-17)19(26-20(23)24)14-6-3-4-10-22-14/h1-11,18-19H. The molecule has 2 aliphatic heterocycles. The molecule has 5 rings (SSSR count). The van der Waals surface area contributed by atoms with Crippen LogP contribution in [0.3, 0.4) is 0 Å². The van der Waals surface area contributed by atoms with Crippen LogP contribution < -0.4 is 9.64 Å². The summed E-state index contributed by atoms with van der Waals surface area (Å²) in [4.78, 5) is 18.8. The number of hydrogen-bond donors (Lipinski definition) is 0. The minimum Gasteiger partial charge on any atom is -0.455 e. The second-order valence-corrected chi connectivity index (χ2v) is 6.56. The van der Waals surface area contributed by atoms with Crippen molar-refractivity contribution in [1.82, 2.24) is 4.98 Å². The van der Waals surface area contributed by atoms with Crippen molar-refractivity contribution in [3.8, 4) is 11.5 Å². The topological polar surface area (TPSA) is 51.7 Å². The second-order valence-electron chi connectivity index (χ2n) is 6.13. The predicted octanol–water partition coefficient (Wildman–Crippen LogP) is 5.28. The number of carbonyl (C=O) groups excluding carboxylic acids is 1. The Kier molecular flexibility index (Phi) is 3.36. The van der Waals surface area contributed by atoms with Crippen molar-refractivity contribution >= 4 is 23.4 Å². The number of anilines is 1. The van der Waals surface area contributed by atoms with Gasteiger partial charge in [0.15, 0.2) is 11.9 Å². The summed E-state index contributed by atoms with van der Waals surface area (Å²) < 4.78 is 11.8. The highest BCUT2D eigenvalue weighted by molar-refractivity contribution is 6.31. The van der Waals surface area contributed by atoms with Gasteiger partial charge in [-0.3, -0.25) is 9.88 Å². The highest BCUT2D eigenvalue weighted by atomic mass is 35.5. The fourth-order valence-corrected chi connectivity index (χ4v) is 3.66. The third-order valence-corrected chi connectivity index (χ3v) is 4.84. The van der Waals surface area contributed by atoms with Crippen molar-refractivity contribution in [2.75, 3.05) is 4.90 Å². The lowest BCUT2D eigenvalue weighted by Crippen LogP contribution is -2.27. The number of rotatable bonds is 1. The summed E-state index contributed by atoms with van der Waals surface area (Å²) in [5.74, 6) is 1.24. The maximum absolute atomic E-state index is 12.8. The lowest BCUT2D eigenvalue weighted by Gasteiger charge is -2.23. The molecule has 0 aliphatic carbocycles. The Bertz CT molecular complexity index is 1010. The Morgan fingerprint density at radius 1 is 1.00 bits per heavy atom. The molecule has 6 heteroatoms. The number of amides is 1. The van der Waals surface area contributed by atoms with Crippen molar-refractivity contribution in [3.63, 3.8) is 0 Å². The largest absolute Gasteiger partial charge is 0.455 e. The van der Waals surface area contributed by atoms with Crippen LogP contribution in [0.1, 0.15) is 23.4 Å². The third kappa shape index (κ3) is 2.24. The first kappa shape index (κ1) is 15.2. The maximum atomic E-state index is 12.8. The monoisotopic (exact) mass is 364 g/mol. The smallest absolute Gasteiger partial charge is 0.415 e. The lowest BCUT2D eigenvalue weighted by atomic mass is 9.97. The molecule has 2 unspecified atom stereocenters. The molecule has 0 radical (unpaired) electrons. The highest BCUT2D eigenvalue weighted by Gasteiger charge is 2.48. The Morgan fingerprint density at radius 2 is 1.85 bits per heavy atom. The van der Waals surface area contributed by atoms with E-state index in [-0.39, 0.29) is 0 Å². The number of benzene rings is 2. The molecule has 0 N–H and O–H groups in total. The molecule has 3 heterocycles. The Morgan fingerprint density at radius 3 is 2.69 bits per heavy atom. The van der Waals surface area contributed by atoms with Crippen LogP contribution in [-0.4, -0.2) is 11.1 Å². The van der Waals surface area contributed by atoms with Crippen LogP contribution in [0.25, 0.3) is 0 Å². The number of fused-ring (bicyclic) bond motifs is 5. The number of cyclic esters (lactones) is 1. The Hall–Kier alpha value is -3.05. The number of ether oxygens (including phenoxy) is 2. The molecule has 1 fully saturated rings. The molecule has 5 nitrogen and oxygen atoms in total. The average molecular weight is 365 g/mol. The Balaban J connectivity index is 1.76. The molecule has 2 aromatic carbocycles. The number of halogens is 1. The van der Waals surface area contributed by atoms with E-state index in [0.29, 0.717) is 27.9 Å². The van der Waals surface area contributed by atoms with Gasteiger partial charge in [-0.25, -0.2) is 4.79 Å². The average Bonchev–Trinajstić information content (AvgIpc) is 2.93. The molecule has 0 saturated carbocycles. The number of hydrogen-bond acceptors (Lipinski definition) is 4. The SMILES string of the molecule is O=C1OC(c2ccccn2)C2c3ccccc3Oc3ccc(Cl)cc3N12. The van der Waals surface area contributed by atoms with Crippen LogP contribution in [0.5, 0.6) is 11.5 Å². The van der Waals surface area contributed by atoms with Crippen molar-refractivity contribution in [1.29, 1.82) is 0 Å². The molecule has 0 bridgehead atoms. The summed E-state index contributed by atoms with van der Waals surface area (Å²) in [6, 6.07) is 18.0. The molecular formula is C20H13ClN2O3. The molecule has 2 atom stereocenters. The molecule has 26 heavy (non-hydrogen) atoms. The van der Waals surface area contributed by atoms with Crippen LogP contribution in [0.2, 0.25) is 5.02 Å². The first-order valence-corrected chi connectivity index (χ1v) is 8.57. The third-order valence-electron chi connectivity index (χ3n) is 4.61. The van der Waals surface area contributed by atoms with E-state index < -0.39 is 18.2 Å². The van der Waals surface area contributed by atoms with Crippen LogP contribution in [0, 0.1) is 0 Å². The van der Waals surface area contributed by atoms with E-state index >= 15 is 0 Å². The molecule has 0 spiro atoms. The number of carbonyl (C=O) groups is 1. The fraction of sp³-hybridized carbons (Fsp3) is 0.100. The molecule has 1 amide bonds. The lowest BCUT2D eigenvalue weighted by molar-refractivity contribution is 0.129. The van der Waals surface area contributed by atoms with Crippen LogP contribution in [0.4, 0.5) is 10.5 Å². The van der Waals surface area contributed by atoms with Gasteiger partial charge in [0.05, 0.1) is 11.4 Å². The van der Waals surface area contributed by atoms with E-state index in [4.69, 9.17) is 21.1 Å². The summed E-state index contributed by atoms with van der Waals surface area (Å²) in [6.45, 7) is 0. The van der Waals surface area contributed by atoms with Crippen LogP contribution in [0.15, 0.2) is 66.9 Å². The van der Waals surface area contributed by atoms with E-state index in [2.05, 4.69) is 4.98 Å². The second kappa shape index (κ2) is 5.75. The predicted molar refractivity (Wildman–Crippen MR) is 96.6 cm³/mol. The molecule has 1 saturated heterocycles. The zero-order valence-electron chi connectivity index (χ0n) is 13.5. The first-order valence-electron chi connectivity index (χ1n) is 8.19. The van der Waals surface area contributed by atoms with E-state index in [0.717, 1.165) is 5.56 Å². The summed E-state index contributed by atoms with van der Waals surface area (Å²) in [5.41, 5.74) is 2.14. The van der Waals surface area contributed by atoms with Gasteiger partial charge >= 0.3 is 6.09 Å². The van der Waals surface area contributed by atoms with Gasteiger partial charge in [0.25, 0.3) is 0 Å². The Labute approximate surface area is 154 Å². The van der Waals surface area contributed by atoms with Crippen molar-refractivity contribution in [2.45, 2.75) is 12.1 Å². The molecule has 1 aromatic heterocycles. The fourth-order valence-electron chi connectivity index (χ4n) is 3.50. The number of nitrogens with zero attached hydrogens (tertiary/aromatic N) is 2. The van der Waals surface area contributed by atoms with Gasteiger partial charge in [-0.15, -0.1) is 0 Å². The summed E-state index contributed by atoms with van der Waals surface area (Å²) in [5, 5.41) is 0.520. The van der Waals surface area contributed by atoms with Gasteiger partial charge in [0.2, 0.25) is 0 Å². The highest BCUT2D eigenvalue weighted by Crippen LogP contribution is 2.53. The van der Waals surface area contributed by atoms with Gasteiger partial charge < -0.3 is 9.47 Å². The number of pyridine rings is 1.